The van der Waals surface area contributed by atoms with Crippen molar-refractivity contribution in [2.75, 3.05) is 0 Å². The van der Waals surface area contributed by atoms with E-state index in [4.69, 9.17) is 10.8 Å². The number of hydrogen-bond acceptors (Lipinski definition) is 4. The van der Waals surface area contributed by atoms with Crippen LogP contribution >= 0.6 is 0 Å². The van der Waals surface area contributed by atoms with E-state index < -0.39 is 27.4 Å². The van der Waals surface area contributed by atoms with E-state index in [1.165, 1.54) is 13.8 Å². The van der Waals surface area contributed by atoms with E-state index in [2.05, 4.69) is 9.71 Å². The molecule has 1 aromatic heterocycles. The minimum absolute atomic E-state index is 0.271. The van der Waals surface area contributed by atoms with Crippen LogP contribution in [0.1, 0.15) is 24.3 Å². The van der Waals surface area contributed by atoms with E-state index >= 15 is 0 Å². The maximum Gasteiger partial charge on any atom is 0.352 e. The number of sulfonamides is 1. The first-order chi connectivity index (χ1) is 8.06. The maximum absolute atomic E-state index is 11.9. The number of primary amides is 1. The molecular weight excluding hydrogens is 262 g/mol. The average Bonchev–Trinajstić information content (AvgIpc) is 2.64. The average molecular weight is 275 g/mol. The van der Waals surface area contributed by atoms with Gasteiger partial charge < -0.3 is 15.8 Å². The lowest BCUT2D eigenvalue weighted by Crippen LogP contribution is -2.52. The molecule has 0 aromatic carbocycles. The third-order valence-corrected chi connectivity index (χ3v) is 3.84. The van der Waals surface area contributed by atoms with Crippen molar-refractivity contribution in [3.63, 3.8) is 0 Å². The molecule has 100 valence electrons. The van der Waals surface area contributed by atoms with Gasteiger partial charge in [0.15, 0.2) is 0 Å². The van der Waals surface area contributed by atoms with E-state index in [9.17, 15) is 18.0 Å². The number of carbonyl (C=O) groups is 2. The van der Waals surface area contributed by atoms with Crippen LogP contribution < -0.4 is 10.5 Å². The summed E-state index contributed by atoms with van der Waals surface area (Å²) in [7, 11) is -4.02. The summed E-state index contributed by atoms with van der Waals surface area (Å²) in [6.07, 6.45) is 1.02. The molecule has 0 unspecified atom stereocenters. The SMILES string of the molecule is CC(C)(NS(=O)(=O)c1c[nH]c(C(=O)O)c1)C(N)=O. The van der Waals surface area contributed by atoms with Crippen LogP contribution in [-0.2, 0) is 14.8 Å². The smallest absolute Gasteiger partial charge is 0.352 e. The minimum Gasteiger partial charge on any atom is -0.477 e. The normalized spacial score (nSPS) is 12.3. The molecule has 0 radical (unpaired) electrons. The molecule has 9 heteroatoms. The molecular formula is C9H13N3O5S. The molecule has 5 N–H and O–H groups in total. The van der Waals surface area contributed by atoms with Crippen LogP contribution in [0.4, 0.5) is 0 Å². The van der Waals surface area contributed by atoms with Gasteiger partial charge in [0.2, 0.25) is 15.9 Å². The zero-order valence-electron chi connectivity index (χ0n) is 9.72. The molecule has 0 atom stereocenters. The van der Waals surface area contributed by atoms with E-state index in [1.54, 1.807) is 0 Å². The quantitative estimate of drug-likeness (QED) is 0.559. The Hall–Kier alpha value is -1.87. The molecule has 0 aliphatic rings. The number of carboxylic acids is 1. The molecule has 0 saturated carbocycles. The third-order valence-electron chi connectivity index (χ3n) is 2.20. The Bertz CT molecular complexity index is 587. The molecule has 0 spiro atoms. The first kappa shape index (κ1) is 14.2. The van der Waals surface area contributed by atoms with Crippen LogP contribution in [0.2, 0.25) is 0 Å². The Balaban J connectivity index is 3.07. The zero-order chi connectivity index (χ0) is 14.1. The summed E-state index contributed by atoms with van der Waals surface area (Å²) in [5.41, 5.74) is 3.30. The number of amides is 1. The highest BCUT2D eigenvalue weighted by Gasteiger charge is 2.32. The molecule has 0 saturated heterocycles. The van der Waals surface area contributed by atoms with Crippen molar-refractivity contribution < 1.29 is 23.1 Å². The van der Waals surface area contributed by atoms with Gasteiger partial charge in [-0.3, -0.25) is 4.79 Å². The lowest BCUT2D eigenvalue weighted by molar-refractivity contribution is -0.122. The van der Waals surface area contributed by atoms with Crippen LogP contribution in [0.5, 0.6) is 0 Å². The van der Waals surface area contributed by atoms with Crippen molar-refractivity contribution in [1.29, 1.82) is 0 Å². The lowest BCUT2D eigenvalue weighted by Gasteiger charge is -2.21. The molecule has 0 fully saturated rings. The van der Waals surface area contributed by atoms with E-state index in [0.29, 0.717) is 0 Å². The van der Waals surface area contributed by atoms with Crippen molar-refractivity contribution in [2.45, 2.75) is 24.3 Å². The fraction of sp³-hybridized carbons (Fsp3) is 0.333. The van der Waals surface area contributed by atoms with Crippen molar-refractivity contribution in [3.05, 3.63) is 18.0 Å². The first-order valence-electron chi connectivity index (χ1n) is 4.82. The second-order valence-electron chi connectivity index (χ2n) is 4.15. The Morgan fingerprint density at radius 3 is 2.39 bits per heavy atom. The van der Waals surface area contributed by atoms with E-state index in [-0.39, 0.29) is 10.6 Å². The minimum atomic E-state index is -4.02. The molecule has 0 aliphatic carbocycles. The monoisotopic (exact) mass is 275 g/mol. The fourth-order valence-electron chi connectivity index (χ4n) is 1.10. The molecule has 0 aliphatic heterocycles. The first-order valence-corrected chi connectivity index (χ1v) is 6.30. The van der Waals surface area contributed by atoms with Gasteiger partial charge in [0.25, 0.3) is 0 Å². The third kappa shape index (κ3) is 2.87. The van der Waals surface area contributed by atoms with Gasteiger partial charge in [-0.25, -0.2) is 13.2 Å². The Morgan fingerprint density at radius 2 is 2.00 bits per heavy atom. The Morgan fingerprint density at radius 1 is 1.44 bits per heavy atom. The summed E-state index contributed by atoms with van der Waals surface area (Å²) >= 11 is 0. The summed E-state index contributed by atoms with van der Waals surface area (Å²) < 4.78 is 25.8. The number of carbonyl (C=O) groups excluding carboxylic acids is 1. The fourth-order valence-corrected chi connectivity index (χ4v) is 2.48. The number of H-pyrrole nitrogens is 1. The van der Waals surface area contributed by atoms with E-state index in [1.807, 2.05) is 0 Å². The van der Waals surface area contributed by atoms with Crippen molar-refractivity contribution in [1.82, 2.24) is 9.71 Å². The standard InChI is InChI=1S/C9H13N3O5S/c1-9(2,8(10)15)12-18(16,17)5-3-6(7(13)14)11-4-5/h3-4,11-12H,1-2H3,(H2,10,15)(H,13,14). The van der Waals surface area contributed by atoms with E-state index in [0.717, 1.165) is 12.3 Å². The van der Waals surface area contributed by atoms with Gasteiger partial charge in [-0.2, -0.15) is 4.72 Å². The lowest BCUT2D eigenvalue weighted by atomic mass is 10.1. The van der Waals surface area contributed by atoms with Crippen LogP contribution in [0.3, 0.4) is 0 Å². The number of nitrogens with one attached hydrogen (secondary N) is 2. The summed E-state index contributed by atoms with van der Waals surface area (Å²) in [6, 6.07) is 0.946. The number of aromatic nitrogens is 1. The molecule has 18 heavy (non-hydrogen) atoms. The van der Waals surface area contributed by atoms with Crippen LogP contribution in [0.25, 0.3) is 0 Å². The van der Waals surface area contributed by atoms with Gasteiger partial charge in [-0.1, -0.05) is 0 Å². The number of nitrogens with two attached hydrogens (primary N) is 1. The predicted octanol–water partition coefficient (Wildman–Crippen LogP) is -0.745. The van der Waals surface area contributed by atoms with Gasteiger partial charge in [0.05, 0.1) is 0 Å². The van der Waals surface area contributed by atoms with Crippen molar-refractivity contribution in [2.24, 2.45) is 5.73 Å². The summed E-state index contributed by atoms with van der Waals surface area (Å²) in [5.74, 6) is -2.13. The molecule has 1 heterocycles. The van der Waals surface area contributed by atoms with Gasteiger partial charge >= 0.3 is 5.97 Å². The Kier molecular flexibility index (Phi) is 3.49. The van der Waals surface area contributed by atoms with Gasteiger partial charge in [0.1, 0.15) is 16.1 Å². The van der Waals surface area contributed by atoms with Crippen molar-refractivity contribution in [3.8, 4) is 0 Å². The molecule has 0 bridgehead atoms. The molecule has 8 nitrogen and oxygen atoms in total. The zero-order valence-corrected chi connectivity index (χ0v) is 10.5. The number of carboxylic acid groups (broad SMARTS) is 1. The van der Waals surface area contributed by atoms with Crippen molar-refractivity contribution >= 4 is 21.9 Å². The Labute approximate surface area is 103 Å². The number of rotatable bonds is 5. The summed E-state index contributed by atoms with van der Waals surface area (Å²) in [5, 5.41) is 8.66. The number of aromatic amines is 1. The second-order valence-corrected chi connectivity index (χ2v) is 5.83. The molecule has 1 aromatic rings. The van der Waals surface area contributed by atoms with Gasteiger partial charge in [0, 0.05) is 6.20 Å². The summed E-state index contributed by atoms with van der Waals surface area (Å²) in [6.45, 7) is 2.61. The topological polar surface area (TPSA) is 142 Å². The highest BCUT2D eigenvalue weighted by Crippen LogP contribution is 2.14. The largest absolute Gasteiger partial charge is 0.477 e. The molecule has 1 rings (SSSR count). The van der Waals surface area contributed by atoms with Crippen LogP contribution in [0.15, 0.2) is 17.2 Å². The maximum atomic E-state index is 11.9. The van der Waals surface area contributed by atoms with Gasteiger partial charge in [-0.15, -0.1) is 0 Å². The molecule has 1 amide bonds. The van der Waals surface area contributed by atoms with Crippen LogP contribution in [-0.4, -0.2) is 35.9 Å². The number of aromatic carboxylic acids is 1. The predicted molar refractivity (Wildman–Crippen MR) is 61.3 cm³/mol. The van der Waals surface area contributed by atoms with Crippen LogP contribution in [0, 0.1) is 0 Å². The number of hydrogen-bond donors (Lipinski definition) is 4. The van der Waals surface area contributed by atoms with Gasteiger partial charge in [-0.05, 0) is 19.9 Å². The second kappa shape index (κ2) is 4.42. The summed E-state index contributed by atoms with van der Waals surface area (Å²) in [4.78, 5) is 23.7. The highest BCUT2D eigenvalue weighted by molar-refractivity contribution is 7.89. The highest BCUT2D eigenvalue weighted by atomic mass is 32.2.